The van der Waals surface area contributed by atoms with E-state index in [4.69, 9.17) is 9.47 Å². The molecular formula is C23H27N5O3. The van der Waals surface area contributed by atoms with Gasteiger partial charge in [0.25, 0.3) is 0 Å². The number of aromatic nitrogens is 3. The first-order valence-electron chi connectivity index (χ1n) is 10.5. The predicted octanol–water partition coefficient (Wildman–Crippen LogP) is 3.67. The first-order valence-corrected chi connectivity index (χ1v) is 10.5. The molecule has 8 heteroatoms. The van der Waals surface area contributed by atoms with Crippen LogP contribution in [0.2, 0.25) is 0 Å². The van der Waals surface area contributed by atoms with Crippen molar-refractivity contribution in [3.05, 3.63) is 72.2 Å². The third-order valence-electron chi connectivity index (χ3n) is 5.06. The number of amides is 2. The molecule has 1 aliphatic heterocycles. The average molecular weight is 422 g/mol. The normalized spacial score (nSPS) is 16.1. The molecule has 162 valence electrons. The van der Waals surface area contributed by atoms with Gasteiger partial charge in [0.15, 0.2) is 5.82 Å². The maximum Gasteiger partial charge on any atom is 0.319 e. The van der Waals surface area contributed by atoms with E-state index in [1.165, 1.54) is 6.42 Å². The third kappa shape index (κ3) is 6.13. The van der Waals surface area contributed by atoms with Crippen LogP contribution in [0.1, 0.15) is 30.4 Å². The number of rotatable bonds is 8. The lowest BCUT2D eigenvalue weighted by Crippen LogP contribution is -2.28. The number of pyridine rings is 1. The van der Waals surface area contributed by atoms with Gasteiger partial charge < -0.3 is 20.1 Å². The summed E-state index contributed by atoms with van der Waals surface area (Å²) in [5, 5.41) is 9.96. The molecule has 0 unspecified atom stereocenters. The Morgan fingerprint density at radius 3 is 3.00 bits per heavy atom. The molecule has 3 heterocycles. The Morgan fingerprint density at radius 1 is 1.19 bits per heavy atom. The minimum Gasteiger partial charge on any atom is -0.376 e. The van der Waals surface area contributed by atoms with Crippen molar-refractivity contribution >= 4 is 11.7 Å². The van der Waals surface area contributed by atoms with E-state index >= 15 is 0 Å². The summed E-state index contributed by atoms with van der Waals surface area (Å²) in [5.74, 6) is 0.689. The van der Waals surface area contributed by atoms with E-state index in [-0.39, 0.29) is 12.1 Å². The minimum absolute atomic E-state index is 0.194. The molecule has 31 heavy (non-hydrogen) atoms. The largest absolute Gasteiger partial charge is 0.376 e. The first-order chi connectivity index (χ1) is 15.3. The zero-order valence-corrected chi connectivity index (χ0v) is 17.4. The highest BCUT2D eigenvalue weighted by Crippen LogP contribution is 2.15. The second-order valence-corrected chi connectivity index (χ2v) is 7.45. The van der Waals surface area contributed by atoms with E-state index in [1.807, 2.05) is 48.7 Å². The zero-order valence-electron chi connectivity index (χ0n) is 17.4. The Balaban J connectivity index is 1.27. The molecule has 3 aromatic rings. The number of hydrogen-bond donors (Lipinski definition) is 2. The fourth-order valence-corrected chi connectivity index (χ4v) is 3.51. The van der Waals surface area contributed by atoms with Gasteiger partial charge in [-0.05, 0) is 49.1 Å². The number of nitrogens with zero attached hydrogens (tertiary/aromatic N) is 3. The SMILES string of the molecule is O=C(NCc1cccnc1-n1cccn1)Nc1cccc(COC[C@H]2CCCCO2)c1. The topological polar surface area (TPSA) is 90.3 Å². The lowest BCUT2D eigenvalue weighted by molar-refractivity contribution is -0.0447. The standard InChI is InChI=1S/C23H27N5O3/c29-23(25-15-19-7-4-10-24-22(19)28-12-5-11-26-28)27-20-8-3-6-18(14-20)16-30-17-21-9-1-2-13-31-21/h3-8,10-12,14,21H,1-2,9,13,15-17H2,(H2,25,27,29)/t21-/m1/s1. The van der Waals surface area contributed by atoms with Crippen LogP contribution in [0.4, 0.5) is 10.5 Å². The molecule has 0 saturated carbocycles. The maximum absolute atomic E-state index is 12.4. The molecule has 1 aromatic carbocycles. The van der Waals surface area contributed by atoms with Gasteiger partial charge in [-0.3, -0.25) is 0 Å². The number of carbonyl (C=O) groups excluding carboxylic acids is 1. The van der Waals surface area contributed by atoms with Gasteiger partial charge >= 0.3 is 6.03 Å². The molecule has 1 fully saturated rings. The third-order valence-corrected chi connectivity index (χ3v) is 5.06. The molecule has 2 N–H and O–H groups in total. The van der Waals surface area contributed by atoms with Gasteiger partial charge in [0.05, 0.1) is 19.3 Å². The Kier molecular flexibility index (Phi) is 7.25. The van der Waals surface area contributed by atoms with Crippen LogP contribution in [-0.2, 0) is 22.6 Å². The highest BCUT2D eigenvalue weighted by atomic mass is 16.5. The van der Waals surface area contributed by atoms with Gasteiger partial charge in [0.1, 0.15) is 0 Å². The van der Waals surface area contributed by atoms with Crippen molar-refractivity contribution in [3.63, 3.8) is 0 Å². The summed E-state index contributed by atoms with van der Waals surface area (Å²) < 4.78 is 13.2. The molecule has 1 saturated heterocycles. The van der Waals surface area contributed by atoms with Gasteiger partial charge in [0, 0.05) is 43.0 Å². The molecule has 1 atom stereocenters. The number of benzene rings is 1. The average Bonchev–Trinajstić information content (AvgIpc) is 3.34. The van der Waals surface area contributed by atoms with Crippen molar-refractivity contribution in [2.24, 2.45) is 0 Å². The van der Waals surface area contributed by atoms with Crippen LogP contribution in [0.15, 0.2) is 61.1 Å². The second-order valence-electron chi connectivity index (χ2n) is 7.45. The van der Waals surface area contributed by atoms with Crippen LogP contribution >= 0.6 is 0 Å². The van der Waals surface area contributed by atoms with Crippen molar-refractivity contribution in [2.75, 3.05) is 18.5 Å². The molecule has 2 aromatic heterocycles. The molecule has 0 aliphatic carbocycles. The molecule has 4 rings (SSSR count). The van der Waals surface area contributed by atoms with Crippen LogP contribution in [0.3, 0.4) is 0 Å². The van der Waals surface area contributed by atoms with E-state index < -0.39 is 0 Å². The van der Waals surface area contributed by atoms with Gasteiger partial charge in [0.2, 0.25) is 0 Å². The molecular weight excluding hydrogens is 394 g/mol. The fourth-order valence-electron chi connectivity index (χ4n) is 3.51. The lowest BCUT2D eigenvalue weighted by Gasteiger charge is -2.22. The van der Waals surface area contributed by atoms with E-state index in [0.29, 0.717) is 31.3 Å². The Morgan fingerprint density at radius 2 is 2.16 bits per heavy atom. The van der Waals surface area contributed by atoms with E-state index in [2.05, 4.69) is 20.7 Å². The van der Waals surface area contributed by atoms with Crippen molar-refractivity contribution in [1.29, 1.82) is 0 Å². The van der Waals surface area contributed by atoms with Crippen LogP contribution in [0.25, 0.3) is 5.82 Å². The van der Waals surface area contributed by atoms with Gasteiger partial charge in [-0.1, -0.05) is 18.2 Å². The second kappa shape index (κ2) is 10.7. The number of ether oxygens (including phenoxy) is 2. The van der Waals surface area contributed by atoms with Crippen LogP contribution in [0.5, 0.6) is 0 Å². The highest BCUT2D eigenvalue weighted by Gasteiger charge is 2.14. The Hall–Kier alpha value is -3.23. The van der Waals surface area contributed by atoms with Crippen LogP contribution in [0, 0.1) is 0 Å². The zero-order chi connectivity index (χ0) is 21.3. The quantitative estimate of drug-likeness (QED) is 0.579. The molecule has 1 aliphatic rings. The van der Waals surface area contributed by atoms with Gasteiger partial charge in [-0.15, -0.1) is 0 Å². The molecule has 8 nitrogen and oxygen atoms in total. The van der Waals surface area contributed by atoms with Crippen molar-refractivity contribution in [1.82, 2.24) is 20.1 Å². The van der Waals surface area contributed by atoms with Gasteiger partial charge in [-0.25, -0.2) is 14.5 Å². The molecule has 0 spiro atoms. The number of anilines is 1. The summed E-state index contributed by atoms with van der Waals surface area (Å²) in [5.41, 5.74) is 2.58. The number of nitrogens with one attached hydrogen (secondary N) is 2. The summed E-state index contributed by atoms with van der Waals surface area (Å²) in [6.07, 6.45) is 8.80. The lowest BCUT2D eigenvalue weighted by atomic mass is 10.1. The highest BCUT2D eigenvalue weighted by molar-refractivity contribution is 5.89. The fraction of sp³-hybridized carbons (Fsp3) is 0.348. The Bertz CT molecular complexity index is 971. The number of carbonyl (C=O) groups is 1. The number of urea groups is 1. The summed E-state index contributed by atoms with van der Waals surface area (Å²) in [6.45, 7) is 2.24. The molecule has 2 amide bonds. The summed E-state index contributed by atoms with van der Waals surface area (Å²) in [4.78, 5) is 16.8. The smallest absolute Gasteiger partial charge is 0.319 e. The van der Waals surface area contributed by atoms with E-state index in [9.17, 15) is 4.79 Å². The minimum atomic E-state index is -0.288. The van der Waals surface area contributed by atoms with Crippen molar-refractivity contribution in [3.8, 4) is 5.82 Å². The number of hydrogen-bond acceptors (Lipinski definition) is 5. The van der Waals surface area contributed by atoms with E-state index in [0.717, 1.165) is 30.6 Å². The summed E-state index contributed by atoms with van der Waals surface area (Å²) >= 11 is 0. The Labute approximate surface area is 181 Å². The first kappa shape index (κ1) is 21.0. The predicted molar refractivity (Wildman–Crippen MR) is 117 cm³/mol. The van der Waals surface area contributed by atoms with Gasteiger partial charge in [-0.2, -0.15) is 5.10 Å². The van der Waals surface area contributed by atoms with Crippen LogP contribution in [-0.4, -0.2) is 40.1 Å². The summed E-state index contributed by atoms with van der Waals surface area (Å²) in [6, 6.07) is 13.0. The summed E-state index contributed by atoms with van der Waals surface area (Å²) in [7, 11) is 0. The van der Waals surface area contributed by atoms with Crippen LogP contribution < -0.4 is 10.6 Å². The monoisotopic (exact) mass is 421 g/mol. The molecule has 0 bridgehead atoms. The van der Waals surface area contributed by atoms with Crippen molar-refractivity contribution in [2.45, 2.75) is 38.5 Å². The van der Waals surface area contributed by atoms with E-state index in [1.54, 1.807) is 17.1 Å². The van der Waals surface area contributed by atoms with Crippen molar-refractivity contribution < 1.29 is 14.3 Å². The molecule has 0 radical (unpaired) electrons. The maximum atomic E-state index is 12.4.